The maximum atomic E-state index is 11.6. The van der Waals surface area contributed by atoms with Gasteiger partial charge in [0.05, 0.1) is 6.61 Å². The molecule has 1 heterocycles. The Morgan fingerprint density at radius 2 is 2.05 bits per heavy atom. The Hall–Kier alpha value is -0.870. The molecule has 0 atom stereocenters. The van der Waals surface area contributed by atoms with E-state index in [1.54, 1.807) is 7.11 Å². The lowest BCUT2D eigenvalue weighted by Crippen LogP contribution is -2.34. The SMILES string of the molecule is COCCNC(=O)CCC1CCN(CC=C(C)C)CC1. The van der Waals surface area contributed by atoms with Crippen LogP contribution in [-0.2, 0) is 9.53 Å². The Labute approximate surface area is 123 Å². The molecular weight excluding hydrogens is 252 g/mol. The summed E-state index contributed by atoms with van der Waals surface area (Å²) in [5.41, 5.74) is 1.39. The molecule has 1 amide bonds. The molecule has 1 rings (SSSR count). The van der Waals surface area contributed by atoms with Crippen molar-refractivity contribution in [3.05, 3.63) is 11.6 Å². The van der Waals surface area contributed by atoms with Gasteiger partial charge < -0.3 is 10.1 Å². The average Bonchev–Trinajstić information content (AvgIpc) is 2.44. The van der Waals surface area contributed by atoms with Crippen LogP contribution in [0.3, 0.4) is 0 Å². The Kier molecular flexibility index (Phi) is 8.54. The molecule has 1 N–H and O–H groups in total. The van der Waals surface area contributed by atoms with Gasteiger partial charge in [0.25, 0.3) is 0 Å². The van der Waals surface area contributed by atoms with Gasteiger partial charge in [0.15, 0.2) is 0 Å². The highest BCUT2D eigenvalue weighted by atomic mass is 16.5. The summed E-state index contributed by atoms with van der Waals surface area (Å²) in [5, 5.41) is 2.88. The van der Waals surface area contributed by atoms with E-state index in [-0.39, 0.29) is 5.91 Å². The van der Waals surface area contributed by atoms with Crippen molar-refractivity contribution in [3.8, 4) is 0 Å². The third-order valence-corrected chi connectivity index (χ3v) is 3.87. The number of nitrogens with one attached hydrogen (secondary N) is 1. The van der Waals surface area contributed by atoms with Crippen molar-refractivity contribution in [2.24, 2.45) is 5.92 Å². The zero-order valence-electron chi connectivity index (χ0n) is 13.3. The Morgan fingerprint density at radius 1 is 1.35 bits per heavy atom. The first-order valence-electron chi connectivity index (χ1n) is 7.73. The molecule has 1 fully saturated rings. The quantitative estimate of drug-likeness (QED) is 0.548. The molecule has 4 heteroatoms. The molecule has 0 aliphatic carbocycles. The average molecular weight is 282 g/mol. The van der Waals surface area contributed by atoms with Crippen LogP contribution >= 0.6 is 0 Å². The maximum absolute atomic E-state index is 11.6. The molecule has 0 bridgehead atoms. The molecule has 1 saturated heterocycles. The van der Waals surface area contributed by atoms with E-state index in [9.17, 15) is 4.79 Å². The first-order valence-corrected chi connectivity index (χ1v) is 7.73. The monoisotopic (exact) mass is 282 g/mol. The van der Waals surface area contributed by atoms with Gasteiger partial charge >= 0.3 is 0 Å². The summed E-state index contributed by atoms with van der Waals surface area (Å²) >= 11 is 0. The number of ether oxygens (including phenoxy) is 1. The summed E-state index contributed by atoms with van der Waals surface area (Å²) in [4.78, 5) is 14.1. The molecule has 0 aromatic carbocycles. The van der Waals surface area contributed by atoms with Crippen molar-refractivity contribution in [1.29, 1.82) is 0 Å². The van der Waals surface area contributed by atoms with Crippen molar-refractivity contribution in [1.82, 2.24) is 10.2 Å². The third kappa shape index (κ3) is 7.65. The lowest BCUT2D eigenvalue weighted by molar-refractivity contribution is -0.121. The number of nitrogens with zero attached hydrogens (tertiary/aromatic N) is 1. The van der Waals surface area contributed by atoms with Gasteiger partial charge in [0, 0.05) is 26.6 Å². The lowest BCUT2D eigenvalue weighted by atomic mass is 9.92. The van der Waals surface area contributed by atoms with E-state index < -0.39 is 0 Å². The van der Waals surface area contributed by atoms with Crippen molar-refractivity contribution in [2.45, 2.75) is 39.5 Å². The van der Waals surface area contributed by atoms with Gasteiger partial charge in [-0.2, -0.15) is 0 Å². The zero-order chi connectivity index (χ0) is 14.8. The molecule has 1 aliphatic rings. The van der Waals surface area contributed by atoms with Gasteiger partial charge in [-0.15, -0.1) is 0 Å². The van der Waals surface area contributed by atoms with Gasteiger partial charge in [-0.05, 0) is 52.1 Å². The summed E-state index contributed by atoms with van der Waals surface area (Å²) in [6, 6.07) is 0. The fraction of sp³-hybridized carbons (Fsp3) is 0.812. The van der Waals surface area contributed by atoms with Gasteiger partial charge in [0.2, 0.25) is 5.91 Å². The van der Waals surface area contributed by atoms with Crippen LogP contribution in [0.2, 0.25) is 0 Å². The second kappa shape index (κ2) is 9.94. The molecule has 0 aromatic rings. The molecule has 116 valence electrons. The number of hydrogen-bond donors (Lipinski definition) is 1. The first kappa shape index (κ1) is 17.2. The van der Waals surface area contributed by atoms with E-state index in [1.165, 1.54) is 31.5 Å². The van der Waals surface area contributed by atoms with Gasteiger partial charge in [-0.3, -0.25) is 9.69 Å². The molecule has 4 nitrogen and oxygen atoms in total. The smallest absolute Gasteiger partial charge is 0.220 e. The second-order valence-electron chi connectivity index (χ2n) is 5.91. The van der Waals surface area contributed by atoms with Crippen LogP contribution in [0, 0.1) is 5.92 Å². The summed E-state index contributed by atoms with van der Waals surface area (Å²) in [6.07, 6.45) is 6.42. The molecule has 20 heavy (non-hydrogen) atoms. The number of piperidine rings is 1. The van der Waals surface area contributed by atoms with Gasteiger partial charge in [-0.1, -0.05) is 11.6 Å². The molecule has 0 saturated carbocycles. The van der Waals surface area contributed by atoms with E-state index in [2.05, 4.69) is 30.1 Å². The van der Waals surface area contributed by atoms with E-state index in [0.717, 1.165) is 13.0 Å². The Balaban J connectivity index is 2.10. The van der Waals surface area contributed by atoms with Crippen molar-refractivity contribution in [2.75, 3.05) is 39.9 Å². The minimum atomic E-state index is 0.161. The predicted molar refractivity (Wildman–Crippen MR) is 82.7 cm³/mol. The third-order valence-electron chi connectivity index (χ3n) is 3.87. The van der Waals surface area contributed by atoms with Crippen LogP contribution in [0.4, 0.5) is 0 Å². The second-order valence-corrected chi connectivity index (χ2v) is 5.91. The van der Waals surface area contributed by atoms with E-state index >= 15 is 0 Å². The number of rotatable bonds is 8. The van der Waals surface area contributed by atoms with Gasteiger partial charge in [0.1, 0.15) is 0 Å². The van der Waals surface area contributed by atoms with Crippen LogP contribution in [0.1, 0.15) is 39.5 Å². The highest BCUT2D eigenvalue weighted by Gasteiger charge is 2.19. The number of amides is 1. The molecule has 0 unspecified atom stereocenters. The topological polar surface area (TPSA) is 41.6 Å². The standard InChI is InChI=1S/C16H30N2O2/c1-14(2)6-10-18-11-7-15(8-12-18)4-5-16(19)17-9-13-20-3/h6,15H,4-5,7-13H2,1-3H3,(H,17,19). The number of carbonyl (C=O) groups is 1. The minimum absolute atomic E-state index is 0.161. The van der Waals surface area contributed by atoms with E-state index in [0.29, 0.717) is 25.5 Å². The first-order chi connectivity index (χ1) is 9.61. The molecule has 0 radical (unpaired) electrons. The number of likely N-dealkylation sites (tertiary alicyclic amines) is 1. The highest BCUT2D eigenvalue weighted by Crippen LogP contribution is 2.21. The number of hydrogen-bond acceptors (Lipinski definition) is 3. The van der Waals surface area contributed by atoms with Crippen LogP contribution in [0.25, 0.3) is 0 Å². The maximum Gasteiger partial charge on any atom is 0.220 e. The summed E-state index contributed by atoms with van der Waals surface area (Å²) in [5.74, 6) is 0.875. The fourth-order valence-electron chi connectivity index (χ4n) is 2.49. The zero-order valence-corrected chi connectivity index (χ0v) is 13.3. The van der Waals surface area contributed by atoms with Crippen LogP contribution in [0.5, 0.6) is 0 Å². The number of methoxy groups -OCH3 is 1. The fourth-order valence-corrected chi connectivity index (χ4v) is 2.49. The highest BCUT2D eigenvalue weighted by molar-refractivity contribution is 5.75. The molecule has 1 aliphatic heterocycles. The van der Waals surface area contributed by atoms with E-state index in [4.69, 9.17) is 4.74 Å². The summed E-state index contributed by atoms with van der Waals surface area (Å²) in [7, 11) is 1.65. The van der Waals surface area contributed by atoms with Crippen molar-refractivity contribution < 1.29 is 9.53 Å². The Morgan fingerprint density at radius 3 is 2.65 bits per heavy atom. The number of carbonyl (C=O) groups excluding carboxylic acids is 1. The molecule has 0 aromatic heterocycles. The number of allylic oxidation sites excluding steroid dienone is 1. The molecule has 0 spiro atoms. The molecular formula is C16H30N2O2. The normalized spacial score (nSPS) is 16.9. The minimum Gasteiger partial charge on any atom is -0.383 e. The predicted octanol–water partition coefficient (Wildman–Crippen LogP) is 2.21. The van der Waals surface area contributed by atoms with Crippen molar-refractivity contribution >= 4 is 5.91 Å². The van der Waals surface area contributed by atoms with Crippen LogP contribution in [0.15, 0.2) is 11.6 Å². The van der Waals surface area contributed by atoms with Crippen LogP contribution < -0.4 is 5.32 Å². The largest absolute Gasteiger partial charge is 0.383 e. The lowest BCUT2D eigenvalue weighted by Gasteiger charge is -2.31. The van der Waals surface area contributed by atoms with Gasteiger partial charge in [-0.25, -0.2) is 0 Å². The summed E-state index contributed by atoms with van der Waals surface area (Å²) < 4.78 is 4.91. The van der Waals surface area contributed by atoms with Crippen molar-refractivity contribution in [3.63, 3.8) is 0 Å². The van der Waals surface area contributed by atoms with Crippen LogP contribution in [-0.4, -0.2) is 50.7 Å². The van der Waals surface area contributed by atoms with E-state index in [1.807, 2.05) is 0 Å². The Bertz CT molecular complexity index is 304. The summed E-state index contributed by atoms with van der Waals surface area (Å²) in [6.45, 7) is 8.92.